The van der Waals surface area contributed by atoms with Gasteiger partial charge in [-0.25, -0.2) is 0 Å². The topological polar surface area (TPSA) is 93.2 Å². The van der Waals surface area contributed by atoms with Gasteiger partial charge in [0, 0.05) is 31.6 Å². The van der Waals surface area contributed by atoms with Crippen LogP contribution in [0.3, 0.4) is 0 Å². The summed E-state index contributed by atoms with van der Waals surface area (Å²) in [5, 5.41) is 0. The van der Waals surface area contributed by atoms with Crippen molar-refractivity contribution in [3.8, 4) is 5.75 Å². The first-order chi connectivity index (χ1) is 13.4. The quantitative estimate of drug-likeness (QED) is 0.559. The largest absolute Gasteiger partial charge is 0.482 e. The molecule has 2 aliphatic rings. The number of amides is 2. The SMILES string of the molecule is COC(=O)C1CCN(C(=O)CCN2C(=O)COc3ccc(C(C)=O)cc32)CC1. The maximum absolute atomic E-state index is 12.6. The van der Waals surface area contributed by atoms with Crippen LogP contribution < -0.4 is 9.64 Å². The van der Waals surface area contributed by atoms with E-state index >= 15 is 0 Å². The van der Waals surface area contributed by atoms with Crippen molar-refractivity contribution in [3.05, 3.63) is 23.8 Å². The van der Waals surface area contributed by atoms with Crippen molar-refractivity contribution in [3.63, 3.8) is 0 Å². The molecule has 0 spiro atoms. The molecule has 0 aliphatic carbocycles. The van der Waals surface area contributed by atoms with Crippen LogP contribution in [-0.4, -0.2) is 61.8 Å². The Bertz CT molecular complexity index is 798. The van der Waals surface area contributed by atoms with Gasteiger partial charge in [-0.05, 0) is 38.0 Å². The second kappa shape index (κ2) is 8.41. The van der Waals surface area contributed by atoms with Crippen LogP contribution in [-0.2, 0) is 19.1 Å². The highest BCUT2D eigenvalue weighted by molar-refractivity contribution is 6.01. The van der Waals surface area contributed by atoms with Gasteiger partial charge in [0.25, 0.3) is 5.91 Å². The van der Waals surface area contributed by atoms with Gasteiger partial charge in [-0.1, -0.05) is 0 Å². The number of ketones is 1. The number of carbonyl (C=O) groups is 4. The molecule has 3 rings (SSSR count). The minimum atomic E-state index is -0.245. The van der Waals surface area contributed by atoms with E-state index in [4.69, 9.17) is 9.47 Å². The second-order valence-electron chi connectivity index (χ2n) is 7.00. The summed E-state index contributed by atoms with van der Waals surface area (Å²) in [5.41, 5.74) is 0.999. The van der Waals surface area contributed by atoms with Gasteiger partial charge in [-0.2, -0.15) is 0 Å². The zero-order chi connectivity index (χ0) is 20.3. The predicted octanol–water partition coefficient (Wildman–Crippen LogP) is 1.42. The molecule has 0 saturated carbocycles. The maximum Gasteiger partial charge on any atom is 0.308 e. The monoisotopic (exact) mass is 388 g/mol. The number of benzene rings is 1. The van der Waals surface area contributed by atoms with Crippen molar-refractivity contribution in [2.75, 3.05) is 38.3 Å². The van der Waals surface area contributed by atoms with E-state index in [0.717, 1.165) is 0 Å². The van der Waals surface area contributed by atoms with Gasteiger partial charge in [-0.3, -0.25) is 19.2 Å². The molecule has 0 unspecified atom stereocenters. The van der Waals surface area contributed by atoms with Gasteiger partial charge in [-0.15, -0.1) is 0 Å². The summed E-state index contributed by atoms with van der Waals surface area (Å²) in [6.07, 6.45) is 1.33. The van der Waals surface area contributed by atoms with Gasteiger partial charge >= 0.3 is 5.97 Å². The zero-order valence-corrected chi connectivity index (χ0v) is 16.1. The molecule has 8 heteroatoms. The molecule has 28 heavy (non-hydrogen) atoms. The van der Waals surface area contributed by atoms with Crippen LogP contribution >= 0.6 is 0 Å². The highest BCUT2D eigenvalue weighted by Crippen LogP contribution is 2.33. The number of piperidine rings is 1. The summed E-state index contributed by atoms with van der Waals surface area (Å²) >= 11 is 0. The molecule has 1 aromatic carbocycles. The lowest BCUT2D eigenvalue weighted by atomic mass is 9.97. The Hall–Kier alpha value is -2.90. The highest BCUT2D eigenvalue weighted by Gasteiger charge is 2.30. The lowest BCUT2D eigenvalue weighted by Crippen LogP contribution is -2.44. The average Bonchev–Trinajstić information content (AvgIpc) is 2.71. The molecule has 2 aliphatic heterocycles. The number of rotatable bonds is 5. The van der Waals surface area contributed by atoms with Gasteiger partial charge in [0.1, 0.15) is 5.75 Å². The van der Waals surface area contributed by atoms with Crippen molar-refractivity contribution in [1.29, 1.82) is 0 Å². The summed E-state index contributed by atoms with van der Waals surface area (Å²) in [6, 6.07) is 4.96. The van der Waals surface area contributed by atoms with Crippen molar-refractivity contribution in [1.82, 2.24) is 4.90 Å². The van der Waals surface area contributed by atoms with Crippen LogP contribution in [0, 0.1) is 5.92 Å². The van der Waals surface area contributed by atoms with Crippen LogP contribution in [0.25, 0.3) is 0 Å². The molecular formula is C20H24N2O6. The van der Waals surface area contributed by atoms with Crippen LogP contribution in [0.1, 0.15) is 36.5 Å². The molecule has 150 valence electrons. The first kappa shape index (κ1) is 19.9. The van der Waals surface area contributed by atoms with E-state index in [2.05, 4.69) is 0 Å². The third-order valence-corrected chi connectivity index (χ3v) is 5.24. The number of ether oxygens (including phenoxy) is 2. The normalized spacial score (nSPS) is 17.0. The van der Waals surface area contributed by atoms with E-state index < -0.39 is 0 Å². The average molecular weight is 388 g/mol. The minimum absolute atomic E-state index is 0.0631. The number of hydrogen-bond acceptors (Lipinski definition) is 6. The summed E-state index contributed by atoms with van der Waals surface area (Å²) in [5.74, 6) is -0.283. The number of likely N-dealkylation sites (tertiary alicyclic amines) is 1. The van der Waals surface area contributed by atoms with Crippen molar-refractivity contribution < 1.29 is 28.7 Å². The lowest BCUT2D eigenvalue weighted by Gasteiger charge is -2.33. The number of fused-ring (bicyclic) bond motifs is 1. The standard InChI is InChI=1S/C20H24N2O6/c1-13(23)15-3-4-17-16(11-15)22(19(25)12-28-17)10-7-18(24)21-8-5-14(6-9-21)20(26)27-2/h3-4,11,14H,5-10,12H2,1-2H3. The molecular weight excluding hydrogens is 364 g/mol. The number of anilines is 1. The fourth-order valence-electron chi connectivity index (χ4n) is 3.56. The molecule has 1 fully saturated rings. The Balaban J connectivity index is 1.62. The van der Waals surface area contributed by atoms with Crippen LogP contribution in [0.15, 0.2) is 18.2 Å². The van der Waals surface area contributed by atoms with Gasteiger partial charge in [0.2, 0.25) is 5.91 Å². The molecule has 2 amide bonds. The molecule has 8 nitrogen and oxygen atoms in total. The van der Waals surface area contributed by atoms with Crippen molar-refractivity contribution in [2.45, 2.75) is 26.2 Å². The lowest BCUT2D eigenvalue weighted by molar-refractivity contribution is -0.148. The third-order valence-electron chi connectivity index (χ3n) is 5.24. The van der Waals surface area contributed by atoms with E-state index in [0.29, 0.717) is 42.9 Å². The van der Waals surface area contributed by atoms with Gasteiger partial charge in [0.05, 0.1) is 18.7 Å². The smallest absolute Gasteiger partial charge is 0.308 e. The van der Waals surface area contributed by atoms with Crippen LogP contribution in [0.2, 0.25) is 0 Å². The van der Waals surface area contributed by atoms with E-state index in [-0.39, 0.29) is 49.1 Å². The van der Waals surface area contributed by atoms with E-state index in [1.54, 1.807) is 23.1 Å². The Morgan fingerprint density at radius 3 is 2.57 bits per heavy atom. The maximum atomic E-state index is 12.6. The molecule has 0 radical (unpaired) electrons. The summed E-state index contributed by atoms with van der Waals surface area (Å²) in [4.78, 5) is 51.4. The van der Waals surface area contributed by atoms with Crippen LogP contribution in [0.5, 0.6) is 5.75 Å². The van der Waals surface area contributed by atoms with E-state index in [1.165, 1.54) is 18.9 Å². The van der Waals surface area contributed by atoms with Gasteiger partial charge < -0.3 is 19.3 Å². The first-order valence-corrected chi connectivity index (χ1v) is 9.34. The fraction of sp³-hybridized carbons (Fsp3) is 0.500. The number of methoxy groups -OCH3 is 1. The minimum Gasteiger partial charge on any atom is -0.482 e. The number of esters is 1. The summed E-state index contributed by atoms with van der Waals surface area (Å²) in [6.45, 7) is 2.58. The third kappa shape index (κ3) is 4.16. The molecule has 0 N–H and O–H groups in total. The molecule has 0 aromatic heterocycles. The number of carbonyl (C=O) groups excluding carboxylic acids is 4. The molecule has 1 saturated heterocycles. The predicted molar refractivity (Wildman–Crippen MR) is 100 cm³/mol. The summed E-state index contributed by atoms with van der Waals surface area (Å²) < 4.78 is 10.2. The van der Waals surface area contributed by atoms with Crippen molar-refractivity contribution >= 4 is 29.3 Å². The highest BCUT2D eigenvalue weighted by atomic mass is 16.5. The second-order valence-corrected chi connectivity index (χ2v) is 7.00. The van der Waals surface area contributed by atoms with Gasteiger partial charge in [0.15, 0.2) is 12.4 Å². The zero-order valence-electron chi connectivity index (χ0n) is 16.1. The Labute approximate surface area is 163 Å². The number of hydrogen-bond donors (Lipinski definition) is 0. The number of Topliss-reactive ketones (excluding diaryl/α,β-unsaturated/α-hetero) is 1. The molecule has 0 bridgehead atoms. The van der Waals surface area contributed by atoms with Crippen molar-refractivity contribution in [2.24, 2.45) is 5.92 Å². The Morgan fingerprint density at radius 1 is 1.21 bits per heavy atom. The molecule has 0 atom stereocenters. The molecule has 2 heterocycles. The Kier molecular flexibility index (Phi) is 5.96. The number of nitrogens with zero attached hydrogens (tertiary/aromatic N) is 2. The first-order valence-electron chi connectivity index (χ1n) is 9.34. The van der Waals surface area contributed by atoms with E-state index in [9.17, 15) is 19.2 Å². The Morgan fingerprint density at radius 2 is 1.93 bits per heavy atom. The molecule has 1 aromatic rings. The van der Waals surface area contributed by atoms with Crippen LogP contribution in [0.4, 0.5) is 5.69 Å². The summed E-state index contributed by atoms with van der Waals surface area (Å²) in [7, 11) is 1.37. The van der Waals surface area contributed by atoms with E-state index in [1.807, 2.05) is 0 Å². The fourth-order valence-corrected chi connectivity index (χ4v) is 3.56.